The Morgan fingerprint density at radius 2 is 1.61 bits per heavy atom. The summed E-state index contributed by atoms with van der Waals surface area (Å²) in [5.41, 5.74) is 2.25. The fourth-order valence-corrected chi connectivity index (χ4v) is 4.04. The van der Waals surface area contributed by atoms with E-state index in [1.54, 1.807) is 31.4 Å². The van der Waals surface area contributed by atoms with Crippen LogP contribution in [0, 0.1) is 12.8 Å². The lowest BCUT2D eigenvalue weighted by atomic mass is 9.88. The number of amides is 3. The van der Waals surface area contributed by atoms with Crippen LogP contribution in [0.4, 0.5) is 0 Å². The van der Waals surface area contributed by atoms with Gasteiger partial charge >= 0.3 is 0 Å². The maximum Gasteiger partial charge on any atom is 0.253 e. The number of ether oxygens (including phenoxy) is 1. The van der Waals surface area contributed by atoms with E-state index in [0.29, 0.717) is 49.4 Å². The van der Waals surface area contributed by atoms with Gasteiger partial charge in [0.15, 0.2) is 0 Å². The minimum Gasteiger partial charge on any atom is -0.497 e. The van der Waals surface area contributed by atoms with Crippen molar-refractivity contribution in [2.24, 2.45) is 5.92 Å². The van der Waals surface area contributed by atoms with Crippen LogP contribution in [0.5, 0.6) is 5.75 Å². The first kappa shape index (κ1) is 24.3. The molecule has 7 nitrogen and oxygen atoms in total. The summed E-state index contributed by atoms with van der Waals surface area (Å²) in [6, 6.07) is 13.7. The molecule has 1 saturated heterocycles. The predicted molar refractivity (Wildman–Crippen MR) is 127 cm³/mol. The third-order valence-corrected chi connectivity index (χ3v) is 6.07. The van der Waals surface area contributed by atoms with Crippen molar-refractivity contribution in [3.63, 3.8) is 0 Å². The zero-order valence-corrected chi connectivity index (χ0v) is 19.6. The molecule has 7 heteroatoms. The van der Waals surface area contributed by atoms with E-state index >= 15 is 0 Å². The topological polar surface area (TPSA) is 87.7 Å². The standard InChI is InChI=1S/C26H33N3O4/c1-4-15-27-25(31)23(28-24(30)20-9-11-22(33-3)12-10-20)19-13-16-29(17-14-19)26(32)21-7-5-18(2)6-8-21/h5-12,19,23H,4,13-17H2,1-3H3,(H,27,31)(H,28,30)/t23-/m1/s1. The van der Waals surface area contributed by atoms with E-state index in [-0.39, 0.29) is 23.6 Å². The van der Waals surface area contributed by atoms with Gasteiger partial charge in [-0.1, -0.05) is 24.6 Å². The molecule has 0 saturated carbocycles. The largest absolute Gasteiger partial charge is 0.497 e. The molecule has 0 radical (unpaired) electrons. The molecule has 0 unspecified atom stereocenters. The van der Waals surface area contributed by atoms with Gasteiger partial charge < -0.3 is 20.3 Å². The van der Waals surface area contributed by atoms with Gasteiger partial charge in [-0.25, -0.2) is 0 Å². The van der Waals surface area contributed by atoms with Crippen molar-refractivity contribution in [1.29, 1.82) is 0 Å². The number of hydrogen-bond donors (Lipinski definition) is 2. The molecule has 176 valence electrons. The maximum absolute atomic E-state index is 12.9. The minimum absolute atomic E-state index is 0.00250. The molecular formula is C26H33N3O4. The second-order valence-electron chi connectivity index (χ2n) is 8.47. The van der Waals surface area contributed by atoms with Crippen LogP contribution in [-0.4, -0.2) is 55.4 Å². The van der Waals surface area contributed by atoms with Crippen molar-refractivity contribution in [3.05, 3.63) is 65.2 Å². The summed E-state index contributed by atoms with van der Waals surface area (Å²) in [4.78, 5) is 40.4. The summed E-state index contributed by atoms with van der Waals surface area (Å²) in [6.07, 6.45) is 2.10. The Kier molecular flexibility index (Phi) is 8.46. The first-order chi connectivity index (χ1) is 15.9. The van der Waals surface area contributed by atoms with Gasteiger partial charge in [-0.15, -0.1) is 0 Å². The van der Waals surface area contributed by atoms with Gasteiger partial charge in [-0.05, 0) is 68.5 Å². The van der Waals surface area contributed by atoms with Gasteiger partial charge in [0.05, 0.1) is 7.11 Å². The molecule has 0 aliphatic carbocycles. The highest BCUT2D eigenvalue weighted by Gasteiger charge is 2.34. The molecule has 0 spiro atoms. The van der Waals surface area contributed by atoms with Crippen molar-refractivity contribution in [3.8, 4) is 5.75 Å². The van der Waals surface area contributed by atoms with Crippen LogP contribution in [0.2, 0.25) is 0 Å². The molecule has 1 aliphatic rings. The predicted octanol–water partition coefficient (Wildman–Crippen LogP) is 3.18. The Bertz CT molecular complexity index is 949. The van der Waals surface area contributed by atoms with Crippen molar-refractivity contribution in [1.82, 2.24) is 15.5 Å². The van der Waals surface area contributed by atoms with Gasteiger partial charge in [0.1, 0.15) is 11.8 Å². The van der Waals surface area contributed by atoms with Crippen LogP contribution in [0.3, 0.4) is 0 Å². The molecular weight excluding hydrogens is 418 g/mol. The first-order valence-electron chi connectivity index (χ1n) is 11.5. The van der Waals surface area contributed by atoms with Crippen LogP contribution in [0.15, 0.2) is 48.5 Å². The Labute approximate surface area is 195 Å². The fourth-order valence-electron chi connectivity index (χ4n) is 4.04. The summed E-state index contributed by atoms with van der Waals surface area (Å²) in [6.45, 7) is 5.63. The van der Waals surface area contributed by atoms with E-state index in [4.69, 9.17) is 4.74 Å². The van der Waals surface area contributed by atoms with Crippen LogP contribution >= 0.6 is 0 Å². The van der Waals surface area contributed by atoms with Crippen molar-refractivity contribution in [2.45, 2.75) is 39.2 Å². The fraction of sp³-hybridized carbons (Fsp3) is 0.423. The summed E-state index contributed by atoms with van der Waals surface area (Å²) in [7, 11) is 1.57. The molecule has 2 aromatic carbocycles. The smallest absolute Gasteiger partial charge is 0.253 e. The van der Waals surface area contributed by atoms with E-state index in [2.05, 4.69) is 10.6 Å². The highest BCUT2D eigenvalue weighted by molar-refractivity contribution is 5.98. The molecule has 1 fully saturated rings. The van der Waals surface area contributed by atoms with Crippen molar-refractivity contribution in [2.75, 3.05) is 26.7 Å². The minimum atomic E-state index is -0.650. The Balaban J connectivity index is 1.66. The monoisotopic (exact) mass is 451 g/mol. The highest BCUT2D eigenvalue weighted by Crippen LogP contribution is 2.23. The molecule has 1 heterocycles. The van der Waals surface area contributed by atoms with E-state index < -0.39 is 6.04 Å². The number of methoxy groups -OCH3 is 1. The number of likely N-dealkylation sites (tertiary alicyclic amines) is 1. The molecule has 2 N–H and O–H groups in total. The van der Waals surface area contributed by atoms with E-state index in [1.807, 2.05) is 43.0 Å². The van der Waals surface area contributed by atoms with E-state index in [1.165, 1.54) is 0 Å². The average Bonchev–Trinajstić information content (AvgIpc) is 2.86. The zero-order chi connectivity index (χ0) is 23.8. The molecule has 1 aliphatic heterocycles. The lowest BCUT2D eigenvalue weighted by Gasteiger charge is -2.36. The Morgan fingerprint density at radius 3 is 2.18 bits per heavy atom. The number of nitrogens with one attached hydrogen (secondary N) is 2. The molecule has 0 bridgehead atoms. The molecule has 2 aromatic rings. The van der Waals surface area contributed by atoms with Gasteiger partial charge in [-0.3, -0.25) is 14.4 Å². The van der Waals surface area contributed by atoms with E-state index in [0.717, 1.165) is 12.0 Å². The second kappa shape index (κ2) is 11.5. The first-order valence-corrected chi connectivity index (χ1v) is 11.5. The summed E-state index contributed by atoms with van der Waals surface area (Å²) >= 11 is 0. The number of aryl methyl sites for hydroxylation is 1. The number of nitrogens with zero attached hydrogens (tertiary/aromatic N) is 1. The van der Waals surface area contributed by atoms with E-state index in [9.17, 15) is 14.4 Å². The molecule has 3 rings (SSSR count). The number of piperidine rings is 1. The maximum atomic E-state index is 12.9. The molecule has 0 aromatic heterocycles. The third-order valence-electron chi connectivity index (χ3n) is 6.07. The van der Waals surface area contributed by atoms with Crippen molar-refractivity contribution >= 4 is 17.7 Å². The quantitative estimate of drug-likeness (QED) is 0.645. The second-order valence-corrected chi connectivity index (χ2v) is 8.47. The van der Waals surface area contributed by atoms with Gasteiger partial charge in [-0.2, -0.15) is 0 Å². The molecule has 3 amide bonds. The molecule has 33 heavy (non-hydrogen) atoms. The Morgan fingerprint density at radius 1 is 1.00 bits per heavy atom. The lowest BCUT2D eigenvalue weighted by Crippen LogP contribution is -2.54. The average molecular weight is 452 g/mol. The number of benzene rings is 2. The lowest BCUT2D eigenvalue weighted by molar-refractivity contribution is -0.124. The van der Waals surface area contributed by atoms with Crippen LogP contribution in [0.25, 0.3) is 0 Å². The third kappa shape index (κ3) is 6.34. The van der Waals surface area contributed by atoms with Crippen LogP contribution in [0.1, 0.15) is 52.5 Å². The summed E-state index contributed by atoms with van der Waals surface area (Å²) in [5, 5.41) is 5.85. The van der Waals surface area contributed by atoms with Crippen LogP contribution in [-0.2, 0) is 4.79 Å². The SMILES string of the molecule is CCCNC(=O)[C@H](NC(=O)c1ccc(OC)cc1)C1CCN(C(=O)c2ccc(C)cc2)CC1. The number of hydrogen-bond acceptors (Lipinski definition) is 4. The zero-order valence-electron chi connectivity index (χ0n) is 19.6. The van der Waals surface area contributed by atoms with Gasteiger partial charge in [0.2, 0.25) is 5.91 Å². The summed E-state index contributed by atoms with van der Waals surface area (Å²) < 4.78 is 5.15. The van der Waals surface area contributed by atoms with Crippen LogP contribution < -0.4 is 15.4 Å². The summed E-state index contributed by atoms with van der Waals surface area (Å²) in [5.74, 6) is 0.137. The van der Waals surface area contributed by atoms with Crippen molar-refractivity contribution < 1.29 is 19.1 Å². The normalized spacial score (nSPS) is 14.9. The van der Waals surface area contributed by atoms with Gasteiger partial charge in [0.25, 0.3) is 11.8 Å². The number of rotatable bonds is 8. The number of carbonyl (C=O) groups excluding carboxylic acids is 3. The Hall–Kier alpha value is -3.35. The van der Waals surface area contributed by atoms with Gasteiger partial charge in [0, 0.05) is 30.8 Å². The number of carbonyl (C=O) groups is 3. The molecule has 1 atom stereocenters. The highest BCUT2D eigenvalue weighted by atomic mass is 16.5.